The topological polar surface area (TPSA) is 88.3 Å². The summed E-state index contributed by atoms with van der Waals surface area (Å²) in [4.78, 5) is 16.1. The number of nitrogens with zero attached hydrogens (tertiary/aromatic N) is 3. The second-order valence-electron chi connectivity index (χ2n) is 6.57. The number of anilines is 1. The molecule has 1 aromatic heterocycles. The predicted octanol–water partition coefficient (Wildman–Crippen LogP) is 1.71. The summed E-state index contributed by atoms with van der Waals surface area (Å²) in [5.41, 5.74) is 0.374. The molecule has 144 valence electrons. The van der Waals surface area contributed by atoms with Crippen molar-refractivity contribution >= 4 is 11.8 Å². The van der Waals surface area contributed by atoms with Crippen molar-refractivity contribution in [3.8, 4) is 17.1 Å². The second-order valence-corrected chi connectivity index (χ2v) is 6.57. The van der Waals surface area contributed by atoms with Crippen molar-refractivity contribution in [2.24, 2.45) is 0 Å². The minimum Gasteiger partial charge on any atom is -0.494 e. The van der Waals surface area contributed by atoms with E-state index in [1.54, 1.807) is 0 Å². The Hall–Kier alpha value is -2.65. The van der Waals surface area contributed by atoms with Crippen LogP contribution in [0.1, 0.15) is 10.4 Å². The van der Waals surface area contributed by atoms with Gasteiger partial charge in [-0.25, -0.2) is 9.18 Å². The molecule has 0 spiro atoms. The first-order valence-corrected chi connectivity index (χ1v) is 8.72. The third kappa shape index (κ3) is 3.24. The van der Waals surface area contributed by atoms with Crippen LogP contribution in [-0.2, 0) is 4.74 Å². The van der Waals surface area contributed by atoms with Gasteiger partial charge < -0.3 is 24.0 Å². The van der Waals surface area contributed by atoms with E-state index in [1.165, 1.54) is 25.3 Å². The van der Waals surface area contributed by atoms with Gasteiger partial charge in [-0.3, -0.25) is 4.90 Å². The number of hydrogen-bond acceptors (Lipinski definition) is 7. The van der Waals surface area contributed by atoms with E-state index in [2.05, 4.69) is 10.1 Å². The quantitative estimate of drug-likeness (QED) is 0.843. The summed E-state index contributed by atoms with van der Waals surface area (Å²) in [6.45, 7) is 4.56. The maximum absolute atomic E-state index is 13.7. The van der Waals surface area contributed by atoms with Crippen LogP contribution in [-0.4, -0.2) is 73.7 Å². The highest BCUT2D eigenvalue weighted by molar-refractivity contribution is 5.99. The highest BCUT2D eigenvalue weighted by Crippen LogP contribution is 2.36. The number of ether oxygens (including phenoxy) is 2. The first kappa shape index (κ1) is 17.7. The van der Waals surface area contributed by atoms with Gasteiger partial charge in [-0.2, -0.15) is 0 Å². The molecule has 27 heavy (non-hydrogen) atoms. The first-order valence-electron chi connectivity index (χ1n) is 8.72. The van der Waals surface area contributed by atoms with Crippen LogP contribution >= 0.6 is 0 Å². The van der Waals surface area contributed by atoms with Gasteiger partial charge in [0.1, 0.15) is 0 Å². The van der Waals surface area contributed by atoms with Crippen molar-refractivity contribution < 1.29 is 28.3 Å². The average Bonchev–Trinajstić information content (AvgIpc) is 3.07. The van der Waals surface area contributed by atoms with E-state index in [0.29, 0.717) is 30.5 Å². The Morgan fingerprint density at radius 3 is 2.74 bits per heavy atom. The van der Waals surface area contributed by atoms with Gasteiger partial charge in [-0.15, -0.1) is 0 Å². The molecule has 4 rings (SSSR count). The van der Waals surface area contributed by atoms with Crippen LogP contribution in [0.4, 0.5) is 10.2 Å². The lowest BCUT2D eigenvalue weighted by atomic mass is 10.0. The summed E-state index contributed by atoms with van der Waals surface area (Å²) in [6, 6.07) is 4.40. The zero-order chi connectivity index (χ0) is 19.0. The van der Waals surface area contributed by atoms with E-state index < -0.39 is 11.8 Å². The lowest BCUT2D eigenvalue weighted by Gasteiger charge is -2.46. The van der Waals surface area contributed by atoms with Gasteiger partial charge in [0.2, 0.25) is 0 Å². The summed E-state index contributed by atoms with van der Waals surface area (Å²) < 4.78 is 29.3. The number of carboxylic acids is 1. The molecule has 1 aromatic carbocycles. The molecule has 0 radical (unpaired) electrons. The third-order valence-electron chi connectivity index (χ3n) is 5.03. The molecule has 0 atom stereocenters. The number of hydrogen-bond donors (Lipinski definition) is 1. The number of benzene rings is 1. The Morgan fingerprint density at radius 1 is 1.33 bits per heavy atom. The number of aromatic carboxylic acids is 1. The van der Waals surface area contributed by atoms with Crippen molar-refractivity contribution in [2.45, 2.75) is 6.04 Å². The molecule has 2 aromatic rings. The van der Waals surface area contributed by atoms with Gasteiger partial charge in [0, 0.05) is 37.8 Å². The SMILES string of the molecule is COc1cc(-c2onc(N3CC(N4CCOCC4)C3)c2C(=O)O)ccc1F. The zero-order valence-corrected chi connectivity index (χ0v) is 14.9. The fraction of sp³-hybridized carbons (Fsp3) is 0.444. The summed E-state index contributed by atoms with van der Waals surface area (Å²) in [6.07, 6.45) is 0. The molecule has 2 aliphatic heterocycles. The zero-order valence-electron chi connectivity index (χ0n) is 14.9. The lowest BCUT2D eigenvalue weighted by Crippen LogP contribution is -2.62. The third-order valence-corrected chi connectivity index (χ3v) is 5.03. The smallest absolute Gasteiger partial charge is 0.343 e. The lowest BCUT2D eigenvalue weighted by molar-refractivity contribution is 0.0103. The van der Waals surface area contributed by atoms with E-state index in [1.807, 2.05) is 4.90 Å². The molecule has 2 aliphatic rings. The minimum atomic E-state index is -1.14. The number of rotatable bonds is 5. The first-order chi connectivity index (χ1) is 13.1. The number of morpholine rings is 1. The Bertz CT molecular complexity index is 844. The van der Waals surface area contributed by atoms with E-state index >= 15 is 0 Å². The molecule has 0 bridgehead atoms. The van der Waals surface area contributed by atoms with Crippen molar-refractivity contribution in [1.29, 1.82) is 0 Å². The largest absolute Gasteiger partial charge is 0.494 e. The van der Waals surface area contributed by atoms with Gasteiger partial charge in [0.15, 0.2) is 28.7 Å². The Kier molecular flexibility index (Phi) is 4.71. The molecule has 0 saturated carbocycles. The minimum absolute atomic E-state index is 0.0121. The molecule has 2 fully saturated rings. The molecule has 9 heteroatoms. The molecule has 1 N–H and O–H groups in total. The van der Waals surface area contributed by atoms with Gasteiger partial charge in [-0.1, -0.05) is 5.16 Å². The predicted molar refractivity (Wildman–Crippen MR) is 93.8 cm³/mol. The molecular formula is C18H20FN3O5. The van der Waals surface area contributed by atoms with Gasteiger partial charge in [0.25, 0.3) is 0 Å². The standard InChI is InChI=1S/C18H20FN3O5/c1-25-14-8-11(2-3-13(14)19)16-15(18(23)24)17(20-27-16)22-9-12(10-22)21-4-6-26-7-5-21/h2-3,8,12H,4-7,9-10H2,1H3,(H,23,24). The monoisotopic (exact) mass is 377 g/mol. The van der Waals surface area contributed by atoms with Crippen LogP contribution in [0.3, 0.4) is 0 Å². The second kappa shape index (κ2) is 7.16. The van der Waals surface area contributed by atoms with Crippen molar-refractivity contribution in [3.63, 3.8) is 0 Å². The van der Waals surface area contributed by atoms with Crippen LogP contribution in [0.25, 0.3) is 11.3 Å². The summed E-state index contributed by atoms with van der Waals surface area (Å²) >= 11 is 0. The molecule has 0 aliphatic carbocycles. The molecule has 0 unspecified atom stereocenters. The molecule has 3 heterocycles. The Labute approximate surface area is 155 Å². The Balaban J connectivity index is 1.58. The molecular weight excluding hydrogens is 357 g/mol. The van der Waals surface area contributed by atoms with Crippen LogP contribution in [0.5, 0.6) is 5.75 Å². The number of carbonyl (C=O) groups is 1. The molecule has 8 nitrogen and oxygen atoms in total. The van der Waals surface area contributed by atoms with Crippen LogP contribution in [0.15, 0.2) is 22.7 Å². The van der Waals surface area contributed by atoms with Crippen LogP contribution < -0.4 is 9.64 Å². The summed E-state index contributed by atoms with van der Waals surface area (Å²) in [5, 5.41) is 13.7. The normalized spacial score (nSPS) is 18.4. The van der Waals surface area contributed by atoms with Gasteiger partial charge in [0.05, 0.1) is 20.3 Å². The maximum atomic E-state index is 13.7. The van der Waals surface area contributed by atoms with Crippen LogP contribution in [0, 0.1) is 5.82 Å². The van der Waals surface area contributed by atoms with E-state index in [0.717, 1.165) is 26.3 Å². The maximum Gasteiger partial charge on any atom is 0.343 e. The number of aromatic nitrogens is 1. The highest BCUT2D eigenvalue weighted by Gasteiger charge is 2.37. The number of halogens is 1. The van der Waals surface area contributed by atoms with Crippen molar-refractivity contribution in [3.05, 3.63) is 29.6 Å². The van der Waals surface area contributed by atoms with Crippen molar-refractivity contribution in [1.82, 2.24) is 10.1 Å². The summed E-state index contributed by atoms with van der Waals surface area (Å²) in [5.74, 6) is -1.28. The van der Waals surface area contributed by atoms with E-state index in [9.17, 15) is 14.3 Å². The fourth-order valence-corrected chi connectivity index (χ4v) is 3.49. The fourth-order valence-electron chi connectivity index (χ4n) is 3.49. The van der Waals surface area contributed by atoms with Crippen LogP contribution in [0.2, 0.25) is 0 Å². The average molecular weight is 377 g/mol. The van der Waals surface area contributed by atoms with E-state index in [4.69, 9.17) is 14.0 Å². The number of carboxylic acid groups (broad SMARTS) is 1. The van der Waals surface area contributed by atoms with E-state index in [-0.39, 0.29) is 17.1 Å². The van der Waals surface area contributed by atoms with Crippen molar-refractivity contribution in [2.75, 3.05) is 51.4 Å². The highest BCUT2D eigenvalue weighted by atomic mass is 19.1. The van der Waals surface area contributed by atoms with Gasteiger partial charge >= 0.3 is 5.97 Å². The van der Waals surface area contributed by atoms with Gasteiger partial charge in [-0.05, 0) is 18.2 Å². The molecule has 0 amide bonds. The molecule has 2 saturated heterocycles. The Morgan fingerprint density at radius 2 is 2.07 bits per heavy atom. The summed E-state index contributed by atoms with van der Waals surface area (Å²) in [7, 11) is 1.35. The number of methoxy groups -OCH3 is 1.